The number of aliphatic hydroxyl groups is 1. The second-order valence-electron chi connectivity index (χ2n) is 13.0. The number of nitrogens with zero attached hydrogens (tertiary/aromatic N) is 6. The Kier molecular flexibility index (Phi) is 5.76. The van der Waals surface area contributed by atoms with Gasteiger partial charge >= 0.3 is 6.01 Å². The van der Waals surface area contributed by atoms with Crippen LogP contribution in [0.4, 0.5) is 10.2 Å². The van der Waals surface area contributed by atoms with Gasteiger partial charge in [-0.3, -0.25) is 15.0 Å². The summed E-state index contributed by atoms with van der Waals surface area (Å²) >= 11 is 0. The molecule has 0 amide bonds. The van der Waals surface area contributed by atoms with Gasteiger partial charge < -0.3 is 14.7 Å². The molecule has 214 valence electrons. The molecule has 4 fully saturated rings. The van der Waals surface area contributed by atoms with E-state index in [0.717, 1.165) is 81.2 Å². The number of fused-ring (bicyclic) bond motifs is 3. The molecule has 0 atom stereocenters. The SMILES string of the molecule is Cc1cc(-c2ncc3c(N4CCCC5(CC(O)C5)C4)nc(OCC45CCCN4CCC5)nc3c2F)c2cn[nH]c2c1. The Morgan fingerprint density at radius 2 is 1.85 bits per heavy atom. The minimum Gasteiger partial charge on any atom is -0.461 e. The number of aryl methyl sites for hydroxylation is 1. The quantitative estimate of drug-likeness (QED) is 0.362. The molecule has 1 aromatic carbocycles. The van der Waals surface area contributed by atoms with Crippen molar-refractivity contribution in [1.29, 1.82) is 0 Å². The molecule has 4 aromatic rings. The summed E-state index contributed by atoms with van der Waals surface area (Å²) in [6.07, 6.45) is 11.5. The van der Waals surface area contributed by atoms with Gasteiger partial charge in [-0.2, -0.15) is 15.1 Å². The summed E-state index contributed by atoms with van der Waals surface area (Å²) in [5.74, 6) is 0.199. The molecule has 1 saturated carbocycles. The molecule has 0 unspecified atom stereocenters. The summed E-state index contributed by atoms with van der Waals surface area (Å²) in [6, 6.07) is 4.16. The molecule has 3 aromatic heterocycles. The molecule has 9 nitrogen and oxygen atoms in total. The fourth-order valence-electron chi connectivity index (χ4n) is 8.23. The third-order valence-corrected chi connectivity index (χ3v) is 10.2. The molecule has 0 radical (unpaired) electrons. The number of rotatable bonds is 5. The average molecular weight is 558 g/mol. The van der Waals surface area contributed by atoms with Gasteiger partial charge in [0.15, 0.2) is 5.82 Å². The van der Waals surface area contributed by atoms with Gasteiger partial charge in [-0.15, -0.1) is 0 Å². The highest BCUT2D eigenvalue weighted by atomic mass is 19.1. The lowest BCUT2D eigenvalue weighted by molar-refractivity contribution is -0.0396. The largest absolute Gasteiger partial charge is 0.461 e. The molecule has 6 heterocycles. The van der Waals surface area contributed by atoms with Crippen LogP contribution in [0.2, 0.25) is 0 Å². The van der Waals surface area contributed by atoms with Crippen LogP contribution in [0.5, 0.6) is 6.01 Å². The first kappa shape index (κ1) is 25.3. The number of piperidine rings is 1. The number of anilines is 1. The first-order valence-electron chi connectivity index (χ1n) is 15.0. The Bertz CT molecular complexity index is 1630. The Morgan fingerprint density at radius 3 is 2.66 bits per heavy atom. The van der Waals surface area contributed by atoms with Gasteiger partial charge in [0, 0.05) is 30.2 Å². The molecule has 0 bridgehead atoms. The first-order valence-corrected chi connectivity index (χ1v) is 15.0. The van der Waals surface area contributed by atoms with Gasteiger partial charge in [-0.1, -0.05) is 0 Å². The molecule has 1 spiro atoms. The number of ether oxygens (including phenoxy) is 1. The number of nitrogens with one attached hydrogen (secondary N) is 1. The van der Waals surface area contributed by atoms with Crippen molar-refractivity contribution < 1.29 is 14.2 Å². The van der Waals surface area contributed by atoms with Crippen LogP contribution >= 0.6 is 0 Å². The zero-order valence-electron chi connectivity index (χ0n) is 23.5. The number of hydrogen-bond acceptors (Lipinski definition) is 8. The maximum absolute atomic E-state index is 16.6. The van der Waals surface area contributed by atoms with Crippen molar-refractivity contribution in [2.75, 3.05) is 37.7 Å². The number of H-pyrrole nitrogens is 1. The Hall–Kier alpha value is -3.37. The molecular formula is C31H36FN7O2. The third kappa shape index (κ3) is 4.09. The predicted octanol–water partition coefficient (Wildman–Crippen LogP) is 4.76. The van der Waals surface area contributed by atoms with Crippen LogP contribution in [0, 0.1) is 18.2 Å². The minimum absolute atomic E-state index is 0.0339. The van der Waals surface area contributed by atoms with Crippen LogP contribution in [-0.4, -0.2) is 79.6 Å². The molecule has 2 N–H and O–H groups in total. The predicted molar refractivity (Wildman–Crippen MR) is 155 cm³/mol. The van der Waals surface area contributed by atoms with E-state index in [1.54, 1.807) is 12.4 Å². The number of halogens is 1. The monoisotopic (exact) mass is 557 g/mol. The maximum Gasteiger partial charge on any atom is 0.319 e. The molecule has 8 rings (SSSR count). The second-order valence-corrected chi connectivity index (χ2v) is 13.0. The topological polar surface area (TPSA) is 103 Å². The average Bonchev–Trinajstić information content (AvgIpc) is 3.67. The van der Waals surface area contributed by atoms with Crippen molar-refractivity contribution in [3.05, 3.63) is 35.9 Å². The van der Waals surface area contributed by atoms with Gasteiger partial charge in [0.25, 0.3) is 0 Å². The van der Waals surface area contributed by atoms with Crippen LogP contribution in [-0.2, 0) is 0 Å². The number of hydrogen-bond donors (Lipinski definition) is 2. The Labute approximate surface area is 238 Å². The van der Waals surface area contributed by atoms with Gasteiger partial charge in [-0.25, -0.2) is 4.39 Å². The summed E-state index contributed by atoms with van der Waals surface area (Å²) in [5.41, 5.74) is 3.11. The molecule has 10 heteroatoms. The van der Waals surface area contributed by atoms with Gasteiger partial charge in [-0.05, 0) is 94.5 Å². The number of aromatic amines is 1. The number of benzene rings is 1. The van der Waals surface area contributed by atoms with Crippen molar-refractivity contribution in [3.8, 4) is 17.3 Å². The van der Waals surface area contributed by atoms with Gasteiger partial charge in [0.2, 0.25) is 0 Å². The smallest absolute Gasteiger partial charge is 0.319 e. The molecular weight excluding hydrogens is 521 g/mol. The van der Waals surface area contributed by atoms with E-state index in [1.165, 1.54) is 12.8 Å². The number of aliphatic hydroxyl groups excluding tert-OH is 1. The highest BCUT2D eigenvalue weighted by molar-refractivity contribution is 5.98. The molecule has 41 heavy (non-hydrogen) atoms. The normalized spacial score (nSPS) is 25.7. The van der Waals surface area contributed by atoms with Gasteiger partial charge in [0.1, 0.15) is 23.6 Å². The fraction of sp³-hybridized carbons (Fsp3) is 0.548. The lowest BCUT2D eigenvalue weighted by Gasteiger charge is -2.51. The van der Waals surface area contributed by atoms with Crippen molar-refractivity contribution in [2.24, 2.45) is 5.41 Å². The van der Waals surface area contributed by atoms with E-state index in [1.807, 2.05) is 19.1 Å². The Morgan fingerprint density at radius 1 is 1.05 bits per heavy atom. The van der Waals surface area contributed by atoms with E-state index in [4.69, 9.17) is 14.7 Å². The minimum atomic E-state index is -0.476. The van der Waals surface area contributed by atoms with E-state index in [-0.39, 0.29) is 34.3 Å². The molecule has 1 aliphatic carbocycles. The summed E-state index contributed by atoms with van der Waals surface area (Å²) in [5, 5.41) is 18.7. The highest BCUT2D eigenvalue weighted by Crippen LogP contribution is 2.49. The van der Waals surface area contributed by atoms with Crippen molar-refractivity contribution in [1.82, 2.24) is 30.0 Å². The zero-order valence-corrected chi connectivity index (χ0v) is 23.5. The third-order valence-electron chi connectivity index (χ3n) is 10.2. The van der Waals surface area contributed by atoms with Gasteiger partial charge in [0.05, 0.1) is 28.7 Å². The summed E-state index contributed by atoms with van der Waals surface area (Å²) in [6.45, 7) is 6.31. The van der Waals surface area contributed by atoms with E-state index in [2.05, 4.69) is 25.0 Å². The summed E-state index contributed by atoms with van der Waals surface area (Å²) < 4.78 is 23.0. The highest BCUT2D eigenvalue weighted by Gasteiger charge is 2.47. The van der Waals surface area contributed by atoms with E-state index in [0.29, 0.717) is 23.4 Å². The van der Waals surface area contributed by atoms with Crippen molar-refractivity contribution in [2.45, 2.75) is 69.9 Å². The summed E-state index contributed by atoms with van der Waals surface area (Å²) in [7, 11) is 0. The van der Waals surface area contributed by atoms with Crippen LogP contribution in [0.3, 0.4) is 0 Å². The maximum atomic E-state index is 16.6. The van der Waals surface area contributed by atoms with E-state index >= 15 is 4.39 Å². The first-order chi connectivity index (χ1) is 19.9. The van der Waals surface area contributed by atoms with Crippen LogP contribution in [0.25, 0.3) is 33.1 Å². The van der Waals surface area contributed by atoms with Crippen molar-refractivity contribution in [3.63, 3.8) is 0 Å². The second kappa shape index (κ2) is 9.32. The van der Waals surface area contributed by atoms with Crippen LogP contribution in [0.15, 0.2) is 24.5 Å². The van der Waals surface area contributed by atoms with Crippen LogP contribution in [0.1, 0.15) is 56.9 Å². The fourth-order valence-corrected chi connectivity index (χ4v) is 8.23. The standard InChI is InChI=1S/C31H36FN7O2/c1-19-11-21(22-16-34-37-24(22)12-19)26-25(32)27-23(15-33-26)28(38-8-2-5-30(17-38)13-20(40)14-30)36-29(35-27)41-18-31-6-3-9-39(31)10-4-7-31/h11-12,15-16,20,40H,2-10,13-14,17-18H2,1H3,(H,34,37). The summed E-state index contributed by atoms with van der Waals surface area (Å²) in [4.78, 5) is 19.1. The van der Waals surface area contributed by atoms with Crippen molar-refractivity contribution >= 4 is 27.6 Å². The van der Waals surface area contributed by atoms with E-state index in [9.17, 15) is 5.11 Å². The molecule has 4 aliphatic rings. The number of aromatic nitrogens is 5. The molecule has 3 aliphatic heterocycles. The van der Waals surface area contributed by atoms with E-state index < -0.39 is 5.82 Å². The molecule has 3 saturated heterocycles. The number of pyridine rings is 1. The van der Waals surface area contributed by atoms with Crippen LogP contribution < -0.4 is 9.64 Å². The lowest BCUT2D eigenvalue weighted by Crippen LogP contribution is -2.52. The zero-order chi connectivity index (χ0) is 27.8. The lowest BCUT2D eigenvalue weighted by atomic mass is 9.62. The Balaban J connectivity index is 1.23.